The zero-order valence-electron chi connectivity index (χ0n) is 4.60. The van der Waals surface area contributed by atoms with Crippen LogP contribution in [0, 0.1) is 0 Å². The van der Waals surface area contributed by atoms with Crippen molar-refractivity contribution < 1.29 is 5.21 Å². The molecule has 0 spiro atoms. The molecule has 1 heterocycles. The Balaban J connectivity index is 2.85. The quantitative estimate of drug-likeness (QED) is 0.331. The highest BCUT2D eigenvalue weighted by atomic mass is 16.4. The van der Waals surface area contributed by atoms with Crippen LogP contribution in [-0.4, -0.2) is 21.6 Å². The molecule has 0 aliphatic rings. The maximum absolute atomic E-state index is 8.02. The van der Waals surface area contributed by atoms with Crippen LogP contribution in [0.3, 0.4) is 0 Å². The Morgan fingerprint density at radius 1 is 1.67 bits per heavy atom. The zero-order chi connectivity index (χ0) is 6.53. The van der Waals surface area contributed by atoms with Crippen LogP contribution in [0.2, 0.25) is 0 Å². The van der Waals surface area contributed by atoms with Crippen LogP contribution in [0.5, 0.6) is 0 Å². The first-order valence-electron chi connectivity index (χ1n) is 2.38. The molecular weight excluding hydrogens is 118 g/mol. The average Bonchev–Trinajstić information content (AvgIpc) is 1.91. The molecule has 0 amide bonds. The molecule has 0 fully saturated rings. The standard InChI is InChI=1S/C5H5N3O/c9-7-4-5-2-1-3-6-8-5/h1-4,9H. The Hall–Kier alpha value is -1.45. The van der Waals surface area contributed by atoms with Crippen LogP contribution < -0.4 is 0 Å². The summed E-state index contributed by atoms with van der Waals surface area (Å²) < 4.78 is 0. The van der Waals surface area contributed by atoms with E-state index in [9.17, 15) is 0 Å². The summed E-state index contributed by atoms with van der Waals surface area (Å²) in [7, 11) is 0. The molecule has 0 atom stereocenters. The van der Waals surface area contributed by atoms with Gasteiger partial charge in [-0.2, -0.15) is 5.10 Å². The Morgan fingerprint density at radius 3 is 3.11 bits per heavy atom. The van der Waals surface area contributed by atoms with Gasteiger partial charge in [0, 0.05) is 6.20 Å². The van der Waals surface area contributed by atoms with Gasteiger partial charge in [0.1, 0.15) is 5.69 Å². The van der Waals surface area contributed by atoms with Gasteiger partial charge in [-0.05, 0) is 12.1 Å². The minimum atomic E-state index is 0.542. The highest BCUT2D eigenvalue weighted by molar-refractivity contribution is 5.75. The van der Waals surface area contributed by atoms with E-state index in [-0.39, 0.29) is 0 Å². The molecule has 1 aromatic rings. The van der Waals surface area contributed by atoms with E-state index in [2.05, 4.69) is 15.4 Å². The number of hydrogen-bond donors (Lipinski definition) is 1. The van der Waals surface area contributed by atoms with Gasteiger partial charge in [-0.3, -0.25) is 0 Å². The average molecular weight is 123 g/mol. The molecule has 1 aromatic heterocycles. The molecule has 4 heteroatoms. The smallest absolute Gasteiger partial charge is 0.107 e. The molecule has 9 heavy (non-hydrogen) atoms. The van der Waals surface area contributed by atoms with Gasteiger partial charge in [-0.1, -0.05) is 5.16 Å². The van der Waals surface area contributed by atoms with Crippen molar-refractivity contribution in [3.63, 3.8) is 0 Å². The van der Waals surface area contributed by atoms with Gasteiger partial charge in [0.2, 0.25) is 0 Å². The van der Waals surface area contributed by atoms with Crippen molar-refractivity contribution in [1.29, 1.82) is 0 Å². The molecule has 0 saturated heterocycles. The van der Waals surface area contributed by atoms with Gasteiger partial charge in [0.25, 0.3) is 0 Å². The Bertz CT molecular complexity index is 197. The van der Waals surface area contributed by atoms with Gasteiger partial charge in [-0.15, -0.1) is 5.10 Å². The number of aromatic nitrogens is 2. The molecule has 0 unspecified atom stereocenters. The van der Waals surface area contributed by atoms with Crippen molar-refractivity contribution in [2.24, 2.45) is 5.16 Å². The van der Waals surface area contributed by atoms with Crippen molar-refractivity contribution in [2.75, 3.05) is 0 Å². The van der Waals surface area contributed by atoms with Crippen LogP contribution in [-0.2, 0) is 0 Å². The number of rotatable bonds is 1. The lowest BCUT2D eigenvalue weighted by Crippen LogP contribution is -1.87. The van der Waals surface area contributed by atoms with Crippen molar-refractivity contribution in [3.8, 4) is 0 Å². The van der Waals surface area contributed by atoms with Crippen molar-refractivity contribution in [3.05, 3.63) is 24.0 Å². The molecule has 0 aromatic carbocycles. The number of oxime groups is 1. The number of hydrogen-bond acceptors (Lipinski definition) is 4. The van der Waals surface area contributed by atoms with Gasteiger partial charge in [0.05, 0.1) is 6.21 Å². The second-order valence-electron chi connectivity index (χ2n) is 1.39. The fraction of sp³-hybridized carbons (Fsp3) is 0. The Morgan fingerprint density at radius 2 is 2.56 bits per heavy atom. The largest absolute Gasteiger partial charge is 0.411 e. The fourth-order valence-electron chi connectivity index (χ4n) is 0.441. The van der Waals surface area contributed by atoms with Crippen LogP contribution in [0.4, 0.5) is 0 Å². The second kappa shape index (κ2) is 2.76. The maximum Gasteiger partial charge on any atom is 0.107 e. The van der Waals surface area contributed by atoms with Crippen molar-refractivity contribution in [2.45, 2.75) is 0 Å². The zero-order valence-corrected chi connectivity index (χ0v) is 4.60. The molecule has 0 bridgehead atoms. The molecule has 0 aliphatic heterocycles. The van der Waals surface area contributed by atoms with Crippen LogP contribution in [0.25, 0.3) is 0 Å². The van der Waals surface area contributed by atoms with Crippen molar-refractivity contribution >= 4 is 6.21 Å². The molecule has 1 N–H and O–H groups in total. The van der Waals surface area contributed by atoms with Crippen molar-refractivity contribution in [1.82, 2.24) is 10.2 Å². The van der Waals surface area contributed by atoms with E-state index in [1.54, 1.807) is 18.3 Å². The molecule has 46 valence electrons. The van der Waals surface area contributed by atoms with Gasteiger partial charge >= 0.3 is 0 Å². The summed E-state index contributed by atoms with van der Waals surface area (Å²) in [6.07, 6.45) is 2.77. The summed E-state index contributed by atoms with van der Waals surface area (Å²) in [4.78, 5) is 0. The first kappa shape index (κ1) is 5.68. The third kappa shape index (κ3) is 1.49. The first-order valence-corrected chi connectivity index (χ1v) is 2.38. The second-order valence-corrected chi connectivity index (χ2v) is 1.39. The lowest BCUT2D eigenvalue weighted by molar-refractivity contribution is 0.321. The third-order valence-electron chi connectivity index (χ3n) is 0.783. The van der Waals surface area contributed by atoms with Gasteiger partial charge in [-0.25, -0.2) is 0 Å². The minimum absolute atomic E-state index is 0.542. The molecule has 4 nitrogen and oxygen atoms in total. The Kier molecular flexibility index (Phi) is 1.74. The Labute approximate surface area is 51.8 Å². The predicted molar refractivity (Wildman–Crippen MR) is 31.4 cm³/mol. The summed E-state index contributed by atoms with van der Waals surface area (Å²) in [6.45, 7) is 0. The van der Waals surface area contributed by atoms with E-state index in [1.807, 2.05) is 0 Å². The summed E-state index contributed by atoms with van der Waals surface area (Å²) in [5.41, 5.74) is 0.542. The summed E-state index contributed by atoms with van der Waals surface area (Å²) in [5.74, 6) is 0. The minimum Gasteiger partial charge on any atom is -0.411 e. The third-order valence-corrected chi connectivity index (χ3v) is 0.783. The van der Waals surface area contributed by atoms with E-state index in [0.29, 0.717) is 5.69 Å². The summed E-state index contributed by atoms with van der Waals surface area (Å²) in [6, 6.07) is 3.40. The van der Waals surface area contributed by atoms with Crippen LogP contribution >= 0.6 is 0 Å². The normalized spacial score (nSPS) is 10.2. The lowest BCUT2D eigenvalue weighted by atomic mass is 10.4. The molecule has 0 radical (unpaired) electrons. The molecule has 0 aliphatic carbocycles. The molecule has 0 saturated carbocycles. The van der Waals surface area contributed by atoms with Crippen LogP contribution in [0.15, 0.2) is 23.5 Å². The van der Waals surface area contributed by atoms with Gasteiger partial charge in [0.15, 0.2) is 0 Å². The topological polar surface area (TPSA) is 58.4 Å². The first-order chi connectivity index (χ1) is 4.43. The van der Waals surface area contributed by atoms with Gasteiger partial charge < -0.3 is 5.21 Å². The van der Waals surface area contributed by atoms with E-state index in [4.69, 9.17) is 5.21 Å². The monoisotopic (exact) mass is 123 g/mol. The summed E-state index contributed by atoms with van der Waals surface area (Å²) in [5, 5.41) is 18.0. The molecular formula is C5H5N3O. The maximum atomic E-state index is 8.02. The van der Waals surface area contributed by atoms with E-state index >= 15 is 0 Å². The molecule has 1 rings (SSSR count). The number of nitrogens with zero attached hydrogens (tertiary/aromatic N) is 3. The van der Waals surface area contributed by atoms with E-state index in [0.717, 1.165) is 0 Å². The summed E-state index contributed by atoms with van der Waals surface area (Å²) >= 11 is 0. The highest BCUT2D eigenvalue weighted by Crippen LogP contribution is 1.83. The van der Waals surface area contributed by atoms with E-state index < -0.39 is 0 Å². The predicted octanol–water partition coefficient (Wildman–Crippen LogP) is 0.285. The fourth-order valence-corrected chi connectivity index (χ4v) is 0.441. The highest BCUT2D eigenvalue weighted by Gasteiger charge is 1.83. The SMILES string of the molecule is ON=Cc1cccnn1. The van der Waals surface area contributed by atoms with Crippen LogP contribution in [0.1, 0.15) is 5.69 Å². The van der Waals surface area contributed by atoms with E-state index in [1.165, 1.54) is 6.21 Å². The lowest BCUT2D eigenvalue weighted by Gasteiger charge is -1.83.